The zero-order chi connectivity index (χ0) is 15.7. The van der Waals surface area contributed by atoms with Crippen LogP contribution in [0.3, 0.4) is 0 Å². The van der Waals surface area contributed by atoms with Crippen LogP contribution in [-0.4, -0.2) is 40.1 Å². The number of rotatable bonds is 3. The van der Waals surface area contributed by atoms with Crippen LogP contribution >= 0.6 is 0 Å². The molecule has 1 fully saturated rings. The summed E-state index contributed by atoms with van der Waals surface area (Å²) in [5.41, 5.74) is 1.60. The van der Waals surface area contributed by atoms with Gasteiger partial charge in [0.15, 0.2) is 0 Å². The number of nitriles is 1. The largest absolute Gasteiger partial charge is 0.471 e. The lowest BCUT2D eigenvalue weighted by molar-refractivity contribution is 0.0158. The second-order valence-corrected chi connectivity index (χ2v) is 5.15. The third kappa shape index (κ3) is 2.51. The first-order valence-corrected chi connectivity index (χ1v) is 6.83. The molecule has 2 aromatic rings. The van der Waals surface area contributed by atoms with E-state index in [0.717, 1.165) is 0 Å². The molecule has 112 valence electrons. The lowest BCUT2D eigenvalue weighted by Gasteiger charge is -2.38. The van der Waals surface area contributed by atoms with Crippen LogP contribution in [0.1, 0.15) is 27.4 Å². The fourth-order valence-corrected chi connectivity index (χ4v) is 2.31. The first-order chi connectivity index (χ1) is 10.6. The summed E-state index contributed by atoms with van der Waals surface area (Å²) in [4.78, 5) is 18.1. The van der Waals surface area contributed by atoms with Crippen LogP contribution in [0.2, 0.25) is 0 Å². The Morgan fingerprint density at radius 1 is 1.45 bits per heavy atom. The van der Waals surface area contributed by atoms with E-state index in [1.54, 1.807) is 30.9 Å². The lowest BCUT2D eigenvalue weighted by atomic mass is 10.1. The van der Waals surface area contributed by atoms with Gasteiger partial charge in [-0.25, -0.2) is 4.98 Å². The van der Waals surface area contributed by atoms with Crippen LogP contribution in [0.15, 0.2) is 22.9 Å². The molecule has 2 aromatic heterocycles. The van der Waals surface area contributed by atoms with E-state index >= 15 is 0 Å². The molecule has 1 saturated heterocycles. The molecule has 0 spiro atoms. The van der Waals surface area contributed by atoms with Gasteiger partial charge in [-0.2, -0.15) is 5.26 Å². The number of carbonyl (C=O) groups is 1. The monoisotopic (exact) mass is 298 g/mol. The van der Waals surface area contributed by atoms with Gasteiger partial charge in [0.25, 0.3) is 5.91 Å². The molecule has 0 atom stereocenters. The van der Waals surface area contributed by atoms with Crippen LogP contribution in [-0.2, 0) is 0 Å². The van der Waals surface area contributed by atoms with Crippen LogP contribution in [0.5, 0.6) is 5.88 Å². The molecule has 7 nitrogen and oxygen atoms in total. The maximum atomic E-state index is 12.3. The molecule has 1 aliphatic heterocycles. The molecule has 1 aliphatic rings. The summed E-state index contributed by atoms with van der Waals surface area (Å²) in [7, 11) is 0. The van der Waals surface area contributed by atoms with E-state index in [1.807, 2.05) is 6.07 Å². The number of hydrogen-bond acceptors (Lipinski definition) is 6. The molecule has 0 bridgehead atoms. The van der Waals surface area contributed by atoms with Crippen molar-refractivity contribution in [1.82, 2.24) is 15.0 Å². The van der Waals surface area contributed by atoms with E-state index in [0.29, 0.717) is 41.6 Å². The van der Waals surface area contributed by atoms with Gasteiger partial charge in [0.2, 0.25) is 5.88 Å². The summed E-state index contributed by atoms with van der Waals surface area (Å²) in [5.74, 6) is 0.887. The van der Waals surface area contributed by atoms with E-state index in [-0.39, 0.29) is 12.0 Å². The maximum Gasteiger partial charge on any atom is 0.259 e. The summed E-state index contributed by atoms with van der Waals surface area (Å²) >= 11 is 0. The minimum absolute atomic E-state index is 0.0927. The van der Waals surface area contributed by atoms with Gasteiger partial charge in [0, 0.05) is 12.3 Å². The Labute approximate surface area is 127 Å². The van der Waals surface area contributed by atoms with E-state index < -0.39 is 0 Å². The number of hydrogen-bond donors (Lipinski definition) is 0. The first-order valence-electron chi connectivity index (χ1n) is 6.83. The van der Waals surface area contributed by atoms with Crippen molar-refractivity contribution in [2.45, 2.75) is 20.0 Å². The zero-order valence-electron chi connectivity index (χ0n) is 12.2. The van der Waals surface area contributed by atoms with Crippen LogP contribution in [0.4, 0.5) is 0 Å². The minimum atomic E-state index is -0.0936. The standard InChI is InChI=1S/C15H14N4O3/c1-9-14(10(2)22-18-9)15(20)19-7-12(8-19)21-13-4-3-11(5-16)6-17-13/h3-4,6,12H,7-8H2,1-2H3. The van der Waals surface area contributed by atoms with Gasteiger partial charge in [-0.3, -0.25) is 4.79 Å². The van der Waals surface area contributed by atoms with Gasteiger partial charge in [-0.05, 0) is 19.9 Å². The quantitative estimate of drug-likeness (QED) is 0.851. The highest BCUT2D eigenvalue weighted by molar-refractivity contribution is 5.96. The highest BCUT2D eigenvalue weighted by Gasteiger charge is 2.35. The van der Waals surface area contributed by atoms with Crippen molar-refractivity contribution in [1.29, 1.82) is 5.26 Å². The Morgan fingerprint density at radius 2 is 2.23 bits per heavy atom. The molecule has 0 unspecified atom stereocenters. The summed E-state index contributed by atoms with van der Waals surface area (Å²) < 4.78 is 10.7. The molecular weight excluding hydrogens is 284 g/mol. The number of likely N-dealkylation sites (tertiary alicyclic amines) is 1. The lowest BCUT2D eigenvalue weighted by Crippen LogP contribution is -2.56. The molecule has 0 saturated carbocycles. The summed E-state index contributed by atoms with van der Waals surface area (Å²) in [6.45, 7) is 4.45. The van der Waals surface area contributed by atoms with Gasteiger partial charge in [-0.1, -0.05) is 5.16 Å². The second kappa shape index (κ2) is 5.48. The first kappa shape index (κ1) is 14.1. The maximum absolute atomic E-state index is 12.3. The number of carbonyl (C=O) groups excluding carboxylic acids is 1. The number of aryl methyl sites for hydroxylation is 2. The molecule has 3 rings (SSSR count). The molecule has 0 N–H and O–H groups in total. The predicted molar refractivity (Wildman–Crippen MR) is 75.2 cm³/mol. The Hall–Kier alpha value is -2.88. The smallest absolute Gasteiger partial charge is 0.259 e. The topological polar surface area (TPSA) is 92.3 Å². The number of nitrogens with zero attached hydrogens (tertiary/aromatic N) is 4. The van der Waals surface area contributed by atoms with Crippen molar-refractivity contribution in [3.05, 3.63) is 40.9 Å². The van der Waals surface area contributed by atoms with Gasteiger partial charge >= 0.3 is 0 Å². The van der Waals surface area contributed by atoms with E-state index in [2.05, 4.69) is 10.1 Å². The normalized spacial score (nSPS) is 14.3. The number of aromatic nitrogens is 2. The second-order valence-electron chi connectivity index (χ2n) is 5.15. The van der Waals surface area contributed by atoms with Gasteiger partial charge < -0.3 is 14.2 Å². The molecule has 0 radical (unpaired) electrons. The molecule has 3 heterocycles. The summed E-state index contributed by atoms with van der Waals surface area (Å²) in [5, 5.41) is 12.5. The van der Waals surface area contributed by atoms with E-state index in [4.69, 9.17) is 14.5 Å². The fraction of sp³-hybridized carbons (Fsp3) is 0.333. The van der Waals surface area contributed by atoms with Gasteiger partial charge in [0.05, 0.1) is 24.3 Å². The summed E-state index contributed by atoms with van der Waals surface area (Å²) in [6.07, 6.45) is 1.37. The Morgan fingerprint density at radius 3 is 2.77 bits per heavy atom. The average molecular weight is 298 g/mol. The molecular formula is C15H14N4O3. The van der Waals surface area contributed by atoms with Crippen molar-refractivity contribution < 1.29 is 14.1 Å². The minimum Gasteiger partial charge on any atom is -0.471 e. The van der Waals surface area contributed by atoms with Crippen molar-refractivity contribution in [2.75, 3.05) is 13.1 Å². The van der Waals surface area contributed by atoms with Crippen LogP contribution in [0, 0.1) is 25.2 Å². The van der Waals surface area contributed by atoms with E-state index in [1.165, 1.54) is 6.20 Å². The number of ether oxygens (including phenoxy) is 1. The Kier molecular flexibility index (Phi) is 3.51. The molecule has 22 heavy (non-hydrogen) atoms. The highest BCUT2D eigenvalue weighted by Crippen LogP contribution is 2.21. The Balaban J connectivity index is 1.58. The van der Waals surface area contributed by atoms with Crippen molar-refractivity contribution in [2.24, 2.45) is 0 Å². The zero-order valence-corrected chi connectivity index (χ0v) is 12.2. The number of pyridine rings is 1. The number of amides is 1. The molecule has 0 aromatic carbocycles. The molecule has 7 heteroatoms. The summed E-state index contributed by atoms with van der Waals surface area (Å²) in [6, 6.07) is 5.29. The van der Waals surface area contributed by atoms with Crippen LogP contribution < -0.4 is 4.74 Å². The third-order valence-corrected chi connectivity index (χ3v) is 3.54. The van der Waals surface area contributed by atoms with Crippen molar-refractivity contribution in [3.63, 3.8) is 0 Å². The SMILES string of the molecule is Cc1noc(C)c1C(=O)N1CC(Oc2ccc(C#N)cn2)C1. The fourth-order valence-electron chi connectivity index (χ4n) is 2.31. The third-order valence-electron chi connectivity index (χ3n) is 3.54. The van der Waals surface area contributed by atoms with Crippen molar-refractivity contribution >= 4 is 5.91 Å². The van der Waals surface area contributed by atoms with Gasteiger partial charge in [-0.15, -0.1) is 0 Å². The van der Waals surface area contributed by atoms with Crippen molar-refractivity contribution in [3.8, 4) is 11.9 Å². The predicted octanol–water partition coefficient (Wildman–Crippen LogP) is 1.46. The van der Waals surface area contributed by atoms with Crippen LogP contribution in [0.25, 0.3) is 0 Å². The highest BCUT2D eigenvalue weighted by atomic mass is 16.5. The van der Waals surface area contributed by atoms with E-state index in [9.17, 15) is 4.79 Å². The van der Waals surface area contributed by atoms with Gasteiger partial charge in [0.1, 0.15) is 23.5 Å². The molecule has 1 amide bonds. The molecule has 0 aliphatic carbocycles. The Bertz CT molecular complexity index is 720. The average Bonchev–Trinajstić information content (AvgIpc) is 2.81.